The first-order chi connectivity index (χ1) is 22.7. The Balaban J connectivity index is 0.000000477. The van der Waals surface area contributed by atoms with Gasteiger partial charge in [-0.1, -0.05) is 23.7 Å². The number of rotatable bonds is 5. The number of anilines is 1. The zero-order valence-electron chi connectivity index (χ0n) is 27.4. The van der Waals surface area contributed by atoms with Crippen LogP contribution in [0.4, 0.5) is 5.69 Å². The average Bonchev–Trinajstić information content (AvgIpc) is 3.24. The van der Waals surface area contributed by atoms with Gasteiger partial charge in [0.15, 0.2) is 0 Å². The van der Waals surface area contributed by atoms with Crippen molar-refractivity contribution in [1.29, 1.82) is 0 Å². The van der Waals surface area contributed by atoms with Crippen LogP contribution in [0.15, 0.2) is 65.8 Å². The summed E-state index contributed by atoms with van der Waals surface area (Å²) < 4.78 is 86.6. The number of halogens is 1. The Morgan fingerprint density at radius 3 is 2.00 bits per heavy atom. The van der Waals surface area contributed by atoms with Gasteiger partial charge in [0.25, 0.3) is 20.2 Å². The van der Waals surface area contributed by atoms with Crippen LogP contribution in [0.5, 0.6) is 0 Å². The molecule has 6 rings (SSSR count). The number of piperidine rings is 1. The minimum Gasteiger partial charge on any atom is -0.381 e. The Morgan fingerprint density at radius 2 is 1.43 bits per heavy atom. The van der Waals surface area contributed by atoms with Gasteiger partial charge in [-0.25, -0.2) is 8.42 Å². The molecule has 2 N–H and O–H groups in total. The number of carbonyl (C=O) groups is 1. The first-order valence-corrected chi connectivity index (χ1v) is 20.4. The van der Waals surface area contributed by atoms with Crippen molar-refractivity contribution >= 4 is 64.2 Å². The predicted octanol–water partition coefficient (Wildman–Crippen LogP) is 2.06. The van der Waals surface area contributed by atoms with Crippen LogP contribution in [-0.2, 0) is 39.8 Å². The largest absolute Gasteiger partial charge is 0.381 e. The number of pyridine rings is 1. The van der Waals surface area contributed by atoms with Crippen molar-refractivity contribution in [3.8, 4) is 0 Å². The highest BCUT2D eigenvalue weighted by Crippen LogP contribution is 2.46. The second-order valence-corrected chi connectivity index (χ2v) is 17.6. The molecule has 3 aliphatic heterocycles. The van der Waals surface area contributed by atoms with Crippen LogP contribution >= 0.6 is 11.6 Å². The Hall–Kier alpha value is -2.94. The fraction of sp³-hybridized carbons (Fsp3) is 0.467. The summed E-state index contributed by atoms with van der Waals surface area (Å²) in [6, 6.07) is 14.4. The Morgan fingerprint density at radius 1 is 0.878 bits per heavy atom. The summed E-state index contributed by atoms with van der Waals surface area (Å²) in [5.74, 6) is -0.199. The number of nitrogens with zero attached hydrogens (tertiary/aromatic N) is 5. The lowest BCUT2D eigenvalue weighted by atomic mass is 9.86. The van der Waals surface area contributed by atoms with Crippen LogP contribution in [0.1, 0.15) is 12.8 Å². The molecule has 19 heteroatoms. The topological polar surface area (TPSA) is 195 Å². The highest BCUT2D eigenvalue weighted by atomic mass is 35.5. The molecule has 2 aromatic carbocycles. The number of methoxy groups -OCH3 is 1. The fourth-order valence-electron chi connectivity index (χ4n) is 6.61. The number of likely N-dealkylation sites (N-methyl/N-ethyl adjacent to an activating group) is 1. The minimum atomic E-state index is -3.95. The molecule has 3 fully saturated rings. The van der Waals surface area contributed by atoms with E-state index in [1.165, 1.54) is 4.31 Å². The van der Waals surface area contributed by atoms with Crippen molar-refractivity contribution in [2.45, 2.75) is 28.9 Å². The van der Waals surface area contributed by atoms with Gasteiger partial charge in [-0.05, 0) is 67.1 Å². The average molecular weight is 762 g/mol. The molecule has 4 heterocycles. The lowest BCUT2D eigenvalue weighted by Crippen LogP contribution is -2.70. The van der Waals surface area contributed by atoms with Gasteiger partial charge in [-0.3, -0.25) is 23.8 Å². The molecule has 1 aromatic heterocycles. The SMILES string of the molecule is COCC12CN(S(=O)(=O)c3ccc4cc(Cl)ccc4c3)CC(=O)N1CC1(CCN(c3ccncc3)CC1)N2C.CS(=O)(=O)O.CS(=O)(=O)O. The van der Waals surface area contributed by atoms with Crippen molar-refractivity contribution in [1.82, 2.24) is 19.1 Å². The van der Waals surface area contributed by atoms with Crippen LogP contribution < -0.4 is 4.90 Å². The highest BCUT2D eigenvalue weighted by Gasteiger charge is 2.63. The Kier molecular flexibility index (Phi) is 11.7. The summed E-state index contributed by atoms with van der Waals surface area (Å²) in [7, 11) is -7.66. The quantitative estimate of drug-likeness (QED) is 0.359. The summed E-state index contributed by atoms with van der Waals surface area (Å²) in [6.45, 7) is 2.39. The molecular formula is C30H40ClN5O10S3. The predicted molar refractivity (Wildman–Crippen MR) is 185 cm³/mol. The first kappa shape index (κ1) is 38.9. The lowest BCUT2D eigenvalue weighted by molar-refractivity contribution is -0.152. The van der Waals surface area contributed by atoms with Gasteiger partial charge in [0, 0.05) is 55.4 Å². The number of hydrogen-bond acceptors (Lipinski definition) is 11. The van der Waals surface area contributed by atoms with Gasteiger partial charge < -0.3 is 14.5 Å². The molecule has 15 nitrogen and oxygen atoms in total. The summed E-state index contributed by atoms with van der Waals surface area (Å²) in [5.41, 5.74) is -0.0177. The molecule has 1 spiro atoms. The van der Waals surface area contributed by atoms with E-state index in [1.54, 1.807) is 55.9 Å². The van der Waals surface area contributed by atoms with E-state index in [0.29, 0.717) is 24.1 Å². The molecule has 3 aromatic rings. The van der Waals surface area contributed by atoms with Crippen LogP contribution in [0.2, 0.25) is 5.02 Å². The van der Waals surface area contributed by atoms with E-state index in [9.17, 15) is 30.0 Å². The van der Waals surface area contributed by atoms with E-state index in [-0.39, 0.29) is 36.0 Å². The highest BCUT2D eigenvalue weighted by molar-refractivity contribution is 7.89. The Bertz CT molecular complexity index is 1950. The standard InChI is InChI=1S/C28H32ClN5O4S.2CH4O3S/c1-31-27(9-13-32(14-10-27)24-7-11-30-12-8-24)18-34-26(35)17-33(19-28(31,34)20-38-2)39(36,37)25-6-4-21-15-23(29)5-3-22(21)16-25;2*1-5(2,3)4/h3-8,11-12,15-16H,9-10,13-14,17-20H2,1-2H3;2*1H3,(H,2,3,4). The van der Waals surface area contributed by atoms with Gasteiger partial charge in [0.05, 0.1) is 37.1 Å². The molecule has 1 unspecified atom stereocenters. The lowest BCUT2D eigenvalue weighted by Gasteiger charge is -2.50. The van der Waals surface area contributed by atoms with Crippen molar-refractivity contribution in [2.24, 2.45) is 0 Å². The van der Waals surface area contributed by atoms with E-state index < -0.39 is 35.9 Å². The van der Waals surface area contributed by atoms with E-state index >= 15 is 0 Å². The van der Waals surface area contributed by atoms with Gasteiger partial charge in [0.1, 0.15) is 5.66 Å². The maximum Gasteiger partial charge on any atom is 0.261 e. The molecule has 3 aliphatic rings. The van der Waals surface area contributed by atoms with Gasteiger partial charge in [0.2, 0.25) is 15.9 Å². The maximum absolute atomic E-state index is 13.9. The van der Waals surface area contributed by atoms with E-state index in [1.807, 2.05) is 24.1 Å². The molecule has 0 bridgehead atoms. The summed E-state index contributed by atoms with van der Waals surface area (Å²) in [5, 5.41) is 2.22. The number of benzene rings is 2. The summed E-state index contributed by atoms with van der Waals surface area (Å²) >= 11 is 6.11. The number of amides is 1. The number of sulfonamides is 1. The molecule has 270 valence electrons. The zero-order valence-corrected chi connectivity index (χ0v) is 30.6. The number of hydrogen-bond donors (Lipinski definition) is 2. The van der Waals surface area contributed by atoms with Gasteiger partial charge in [-0.2, -0.15) is 21.1 Å². The Labute approximate surface area is 291 Å². The molecule has 0 radical (unpaired) electrons. The molecule has 1 amide bonds. The molecule has 49 heavy (non-hydrogen) atoms. The number of aromatic nitrogens is 1. The zero-order chi connectivity index (χ0) is 36.4. The van der Waals surface area contributed by atoms with E-state index in [0.717, 1.165) is 42.4 Å². The van der Waals surface area contributed by atoms with Gasteiger partial charge in [-0.15, -0.1) is 0 Å². The molecular weight excluding hydrogens is 722 g/mol. The fourth-order valence-corrected chi connectivity index (χ4v) is 8.26. The number of fused-ring (bicyclic) bond motifs is 2. The van der Waals surface area contributed by atoms with E-state index in [2.05, 4.69) is 14.8 Å². The molecule has 0 aliphatic carbocycles. The van der Waals surface area contributed by atoms with Crippen LogP contribution in [-0.4, -0.2) is 137 Å². The molecule has 1 atom stereocenters. The normalized spacial score (nSPS) is 21.5. The van der Waals surface area contributed by atoms with Crippen LogP contribution in [0, 0.1) is 0 Å². The third kappa shape index (κ3) is 9.25. The minimum absolute atomic E-state index is 0.139. The van der Waals surface area contributed by atoms with Crippen molar-refractivity contribution in [3.05, 3.63) is 65.9 Å². The number of carbonyl (C=O) groups excluding carboxylic acids is 1. The number of piperazine rings is 1. The summed E-state index contributed by atoms with van der Waals surface area (Å²) in [4.78, 5) is 24.4. The van der Waals surface area contributed by atoms with Crippen LogP contribution in [0.25, 0.3) is 10.8 Å². The molecule has 0 saturated carbocycles. The molecule has 3 saturated heterocycles. The monoisotopic (exact) mass is 761 g/mol. The first-order valence-electron chi connectivity index (χ1n) is 14.9. The second kappa shape index (κ2) is 14.7. The second-order valence-electron chi connectivity index (χ2n) is 12.3. The third-order valence-electron chi connectivity index (χ3n) is 8.84. The smallest absolute Gasteiger partial charge is 0.261 e. The number of ether oxygens (including phenoxy) is 1. The maximum atomic E-state index is 13.9. The van der Waals surface area contributed by atoms with Gasteiger partial charge >= 0.3 is 0 Å². The van der Waals surface area contributed by atoms with Crippen LogP contribution in [0.3, 0.4) is 0 Å². The van der Waals surface area contributed by atoms with Crippen molar-refractivity contribution in [3.63, 3.8) is 0 Å². The summed E-state index contributed by atoms with van der Waals surface area (Å²) in [6.07, 6.45) is 6.73. The van der Waals surface area contributed by atoms with Crippen molar-refractivity contribution < 1.29 is 43.9 Å². The van der Waals surface area contributed by atoms with Crippen molar-refractivity contribution in [2.75, 3.05) is 70.9 Å². The third-order valence-corrected chi connectivity index (χ3v) is 10.9. The van der Waals surface area contributed by atoms with E-state index in [4.69, 9.17) is 25.4 Å².